The fraction of sp³-hybridized carbons (Fsp3) is 0.737. The summed E-state index contributed by atoms with van der Waals surface area (Å²) >= 11 is 3.39. The van der Waals surface area contributed by atoms with Crippen LogP contribution in [0.2, 0.25) is 0 Å². The van der Waals surface area contributed by atoms with Gasteiger partial charge in [0.15, 0.2) is 0 Å². The van der Waals surface area contributed by atoms with E-state index in [4.69, 9.17) is 0 Å². The van der Waals surface area contributed by atoms with Crippen molar-refractivity contribution in [3.63, 3.8) is 0 Å². The Hall–Kier alpha value is -0.560. The van der Waals surface area contributed by atoms with Crippen molar-refractivity contribution >= 4 is 29.0 Å². The highest BCUT2D eigenvalue weighted by atomic mass is 32.2. The van der Waals surface area contributed by atoms with E-state index < -0.39 is 0 Å². The molecule has 2 aliphatic heterocycles. The average molecular weight is 383 g/mol. The minimum absolute atomic E-state index is 0.143. The van der Waals surface area contributed by atoms with Crippen LogP contribution in [-0.2, 0) is 0 Å². The molecule has 1 aromatic heterocycles. The summed E-state index contributed by atoms with van der Waals surface area (Å²) in [5.74, 6) is 1.79. The number of nitrogens with zero attached hydrogens (tertiary/aromatic N) is 2. The van der Waals surface area contributed by atoms with Gasteiger partial charge in [0.2, 0.25) is 0 Å². The summed E-state index contributed by atoms with van der Waals surface area (Å²) < 4.78 is 1.21. The zero-order valence-electron chi connectivity index (χ0n) is 15.2. The van der Waals surface area contributed by atoms with Crippen molar-refractivity contribution in [3.05, 3.63) is 17.0 Å². The van der Waals surface area contributed by atoms with Gasteiger partial charge in [-0.05, 0) is 49.7 Å². The lowest BCUT2D eigenvalue weighted by atomic mass is 9.96. The van der Waals surface area contributed by atoms with Crippen molar-refractivity contribution in [1.29, 1.82) is 0 Å². The maximum atomic E-state index is 12.9. The van der Waals surface area contributed by atoms with Crippen LogP contribution in [0.3, 0.4) is 0 Å². The fourth-order valence-corrected chi connectivity index (χ4v) is 5.99. The highest BCUT2D eigenvalue weighted by Crippen LogP contribution is 2.31. The van der Waals surface area contributed by atoms with Crippen LogP contribution in [0.1, 0.15) is 42.3 Å². The molecule has 1 amide bonds. The Morgan fingerprint density at radius 2 is 1.92 bits per heavy atom. The summed E-state index contributed by atoms with van der Waals surface area (Å²) in [7, 11) is 0. The molecule has 2 fully saturated rings. The second-order valence-electron chi connectivity index (χ2n) is 7.18. The normalized spacial score (nSPS) is 25.3. The van der Waals surface area contributed by atoms with Gasteiger partial charge in [0, 0.05) is 32.2 Å². The molecule has 1 aromatic rings. The van der Waals surface area contributed by atoms with Crippen LogP contribution in [0.4, 0.5) is 0 Å². The molecule has 0 spiro atoms. The molecule has 2 atom stereocenters. The molecule has 25 heavy (non-hydrogen) atoms. The number of amides is 1. The number of aliphatic hydroxyl groups is 1. The van der Waals surface area contributed by atoms with Gasteiger partial charge in [-0.2, -0.15) is 0 Å². The van der Waals surface area contributed by atoms with Crippen LogP contribution in [0.25, 0.3) is 0 Å². The highest BCUT2D eigenvalue weighted by Gasteiger charge is 2.36. The average Bonchev–Trinajstić information content (AvgIpc) is 3.16. The smallest absolute Gasteiger partial charge is 0.263 e. The molecule has 0 radical (unpaired) electrons. The number of likely N-dealkylation sites (tertiary alicyclic amines) is 2. The molecule has 2 aliphatic rings. The van der Waals surface area contributed by atoms with Crippen molar-refractivity contribution < 1.29 is 9.90 Å². The lowest BCUT2D eigenvalue weighted by molar-refractivity contribution is 0.0784. The topological polar surface area (TPSA) is 43.8 Å². The summed E-state index contributed by atoms with van der Waals surface area (Å²) in [6.07, 6.45) is 5.25. The first-order valence-electron chi connectivity index (χ1n) is 9.56. The second kappa shape index (κ2) is 9.40. The number of aliphatic hydroxyl groups excluding tert-OH is 1. The van der Waals surface area contributed by atoms with E-state index in [2.05, 4.69) is 17.9 Å². The molecule has 140 valence electrons. The number of hydrogen-bond donors (Lipinski definition) is 1. The van der Waals surface area contributed by atoms with Crippen LogP contribution in [0, 0.1) is 11.8 Å². The Balaban J connectivity index is 1.60. The van der Waals surface area contributed by atoms with Gasteiger partial charge in [-0.1, -0.05) is 19.8 Å². The van der Waals surface area contributed by atoms with Gasteiger partial charge in [0.05, 0.1) is 9.09 Å². The summed E-state index contributed by atoms with van der Waals surface area (Å²) in [6, 6.07) is 4.02. The molecule has 0 aromatic carbocycles. The van der Waals surface area contributed by atoms with E-state index in [1.807, 2.05) is 11.0 Å². The number of hydrogen-bond acceptors (Lipinski definition) is 5. The van der Waals surface area contributed by atoms with Gasteiger partial charge in [-0.3, -0.25) is 4.79 Å². The third kappa shape index (κ3) is 5.00. The summed E-state index contributed by atoms with van der Waals surface area (Å²) in [5, 5.41) is 9.81. The third-order valence-corrected chi connectivity index (χ3v) is 7.55. The third-order valence-electron chi connectivity index (χ3n) is 5.37. The van der Waals surface area contributed by atoms with Gasteiger partial charge in [0.1, 0.15) is 0 Å². The molecular formula is C19H30N2O2S2. The molecule has 6 heteroatoms. The van der Waals surface area contributed by atoms with Crippen molar-refractivity contribution in [1.82, 2.24) is 9.80 Å². The highest BCUT2D eigenvalue weighted by molar-refractivity contribution is 8.01. The molecular weight excluding hydrogens is 352 g/mol. The summed E-state index contributed by atoms with van der Waals surface area (Å²) in [4.78, 5) is 18.2. The minimum Gasteiger partial charge on any atom is -0.396 e. The van der Waals surface area contributed by atoms with Gasteiger partial charge in [0.25, 0.3) is 5.91 Å². The van der Waals surface area contributed by atoms with E-state index in [9.17, 15) is 9.90 Å². The van der Waals surface area contributed by atoms with Crippen LogP contribution in [-0.4, -0.2) is 65.9 Å². The van der Waals surface area contributed by atoms with Gasteiger partial charge in [-0.15, -0.1) is 23.1 Å². The largest absolute Gasteiger partial charge is 0.396 e. The van der Waals surface area contributed by atoms with E-state index in [0.29, 0.717) is 12.5 Å². The van der Waals surface area contributed by atoms with Crippen molar-refractivity contribution in [2.45, 2.75) is 36.8 Å². The van der Waals surface area contributed by atoms with Gasteiger partial charge < -0.3 is 14.9 Å². The quantitative estimate of drug-likeness (QED) is 0.766. The molecule has 4 nitrogen and oxygen atoms in total. The van der Waals surface area contributed by atoms with Crippen molar-refractivity contribution in [2.24, 2.45) is 11.8 Å². The lowest BCUT2D eigenvalue weighted by Crippen LogP contribution is -2.35. The number of carbonyl (C=O) groups excluding carboxylic acids is 1. The fourth-order valence-electron chi connectivity index (χ4n) is 3.98. The predicted molar refractivity (Wildman–Crippen MR) is 106 cm³/mol. The molecule has 0 aliphatic carbocycles. The number of thioether (sulfide) groups is 1. The minimum atomic E-state index is 0.143. The molecule has 0 bridgehead atoms. The van der Waals surface area contributed by atoms with E-state index in [1.165, 1.54) is 43.0 Å². The van der Waals surface area contributed by atoms with Crippen LogP contribution in [0.15, 0.2) is 16.3 Å². The first-order chi connectivity index (χ1) is 12.2. The van der Waals surface area contributed by atoms with Crippen LogP contribution in [0.5, 0.6) is 0 Å². The second-order valence-corrected chi connectivity index (χ2v) is 9.83. The zero-order valence-corrected chi connectivity index (χ0v) is 16.8. The molecule has 0 saturated carbocycles. The standard InChI is InChI=1S/C19H30N2O2S2/c1-2-24-18-8-7-17(25-18)19(23)21-12-15(16(13-21)14-22)11-20-9-5-3-4-6-10-20/h7-8,15-16,22H,2-6,9-14H2,1H3. The Kier molecular flexibility index (Phi) is 7.22. The Morgan fingerprint density at radius 3 is 2.60 bits per heavy atom. The van der Waals surface area contributed by atoms with Gasteiger partial charge >= 0.3 is 0 Å². The molecule has 3 heterocycles. The zero-order chi connectivity index (χ0) is 17.6. The SMILES string of the molecule is CCSc1ccc(C(=O)N2CC(CO)C(CN3CCCCCC3)C2)s1. The van der Waals surface area contributed by atoms with E-state index >= 15 is 0 Å². The van der Waals surface area contributed by atoms with Crippen LogP contribution >= 0.6 is 23.1 Å². The number of carbonyl (C=O) groups is 1. The first kappa shape index (κ1) is 19.2. The van der Waals surface area contributed by atoms with E-state index in [1.54, 1.807) is 23.1 Å². The number of rotatable bonds is 6. The van der Waals surface area contributed by atoms with Crippen molar-refractivity contribution in [2.75, 3.05) is 45.1 Å². The molecule has 2 saturated heterocycles. The Bertz CT molecular complexity index is 555. The predicted octanol–water partition coefficient (Wildman–Crippen LogP) is 3.42. The maximum Gasteiger partial charge on any atom is 0.263 e. The molecule has 2 unspecified atom stereocenters. The van der Waals surface area contributed by atoms with E-state index in [-0.39, 0.29) is 18.4 Å². The number of thiophene rings is 1. The monoisotopic (exact) mass is 382 g/mol. The summed E-state index contributed by atoms with van der Waals surface area (Å²) in [5.41, 5.74) is 0. The first-order valence-corrected chi connectivity index (χ1v) is 11.4. The molecule has 1 N–H and O–H groups in total. The lowest BCUT2D eigenvalue weighted by Gasteiger charge is -2.26. The molecule has 3 rings (SSSR count). The van der Waals surface area contributed by atoms with E-state index in [0.717, 1.165) is 23.7 Å². The van der Waals surface area contributed by atoms with Gasteiger partial charge in [-0.25, -0.2) is 0 Å². The van der Waals surface area contributed by atoms with Crippen LogP contribution < -0.4 is 0 Å². The maximum absolute atomic E-state index is 12.9. The van der Waals surface area contributed by atoms with Crippen molar-refractivity contribution in [3.8, 4) is 0 Å². The Labute approximate surface area is 159 Å². The summed E-state index contributed by atoms with van der Waals surface area (Å²) in [6.45, 7) is 7.17. The Morgan fingerprint density at radius 1 is 1.20 bits per heavy atom.